The minimum Gasteiger partial charge on any atom is -0.445 e. The van der Waals surface area contributed by atoms with E-state index in [0.717, 1.165) is 22.6 Å². The van der Waals surface area contributed by atoms with E-state index in [9.17, 15) is 28.8 Å². The first-order chi connectivity index (χ1) is 18.7. The molecular weight excluding hydrogens is 518 g/mol. The van der Waals surface area contributed by atoms with Crippen molar-refractivity contribution in [1.82, 2.24) is 20.9 Å². The van der Waals surface area contributed by atoms with Gasteiger partial charge in [0.1, 0.15) is 18.7 Å². The number of nitrogens with one attached hydrogen (secondary N) is 4. The number of nitrogens with zero attached hydrogens (tertiary/aromatic N) is 1. The third kappa shape index (κ3) is 10.5. The fraction of sp³-hybridized carbons (Fsp3) is 0.500. The summed E-state index contributed by atoms with van der Waals surface area (Å²) in [6.45, 7) is 11.4. The average molecular weight is 558 g/mol. The van der Waals surface area contributed by atoms with E-state index in [1.54, 1.807) is 38.1 Å². The van der Waals surface area contributed by atoms with Gasteiger partial charge in [0, 0.05) is 37.3 Å². The first-order valence-corrected chi connectivity index (χ1v) is 13.1. The predicted molar refractivity (Wildman–Crippen MR) is 148 cm³/mol. The molecule has 0 spiro atoms. The first-order valence-electron chi connectivity index (χ1n) is 13.1. The number of alkyl carbamates (subject to hydrolysis) is 1. The van der Waals surface area contributed by atoms with Crippen LogP contribution in [0, 0.1) is 11.3 Å². The minimum absolute atomic E-state index is 0.0599. The Hall–Kier alpha value is -4.22. The lowest BCUT2D eigenvalue weighted by molar-refractivity contribution is -0.137. The topological polar surface area (TPSA) is 163 Å². The largest absolute Gasteiger partial charge is 0.445 e. The number of anilines is 1. The van der Waals surface area contributed by atoms with Crippen molar-refractivity contribution >= 4 is 41.3 Å². The highest BCUT2D eigenvalue weighted by Crippen LogP contribution is 2.13. The number of ether oxygens (including phenoxy) is 1. The molecule has 6 amide bonds. The average Bonchev–Trinajstić information content (AvgIpc) is 3.20. The summed E-state index contributed by atoms with van der Waals surface area (Å²) in [6.07, 6.45) is 1.60. The summed E-state index contributed by atoms with van der Waals surface area (Å²) in [5.41, 5.74) is 1.16. The van der Waals surface area contributed by atoms with Crippen molar-refractivity contribution in [2.45, 2.75) is 66.7 Å². The maximum atomic E-state index is 12.8. The number of carbonyl (C=O) groups excluding carboxylic acids is 6. The summed E-state index contributed by atoms with van der Waals surface area (Å²) < 4.78 is 5.20. The smallest absolute Gasteiger partial charge is 0.407 e. The number of hydrogen-bond donors (Lipinski definition) is 4. The van der Waals surface area contributed by atoms with Crippen LogP contribution in [0.1, 0.15) is 53.5 Å². The van der Waals surface area contributed by atoms with Gasteiger partial charge in [-0.1, -0.05) is 46.8 Å². The quantitative estimate of drug-likeness (QED) is 0.285. The van der Waals surface area contributed by atoms with Crippen molar-refractivity contribution in [3.8, 4) is 0 Å². The zero-order valence-electron chi connectivity index (χ0n) is 23.8. The molecule has 0 saturated heterocycles. The van der Waals surface area contributed by atoms with E-state index in [1.165, 1.54) is 6.92 Å². The van der Waals surface area contributed by atoms with Gasteiger partial charge < -0.3 is 26.0 Å². The molecule has 1 aliphatic rings. The summed E-state index contributed by atoms with van der Waals surface area (Å²) in [5, 5.41) is 10.6. The molecule has 1 aromatic carbocycles. The Labute approximate surface area is 234 Å². The number of hydrogen-bond acceptors (Lipinski definition) is 7. The number of carbonyl (C=O) groups is 6. The highest BCUT2D eigenvalue weighted by atomic mass is 16.5. The second-order valence-electron chi connectivity index (χ2n) is 11.1. The van der Waals surface area contributed by atoms with Crippen LogP contribution in [0.2, 0.25) is 0 Å². The van der Waals surface area contributed by atoms with Crippen LogP contribution in [-0.2, 0) is 35.3 Å². The Bertz CT molecular complexity index is 1120. The lowest BCUT2D eigenvalue weighted by Gasteiger charge is -2.24. The van der Waals surface area contributed by atoms with E-state index in [-0.39, 0.29) is 30.9 Å². The molecule has 0 aliphatic carbocycles. The summed E-state index contributed by atoms with van der Waals surface area (Å²) in [5.74, 6) is -2.78. The fourth-order valence-electron chi connectivity index (χ4n) is 3.49. The predicted octanol–water partition coefficient (Wildman–Crippen LogP) is 1.86. The SMILES string of the molecule is CC(C)[C@H](NC(=O)CCN1C(=O)C=CC1=O)C(=O)N[C@@H](C)C(=O)Nc1ccc(COC(=O)NCC(C)(C)C)cc1. The number of benzene rings is 1. The summed E-state index contributed by atoms with van der Waals surface area (Å²) in [6, 6.07) is 4.89. The summed E-state index contributed by atoms with van der Waals surface area (Å²) in [7, 11) is 0. The van der Waals surface area contributed by atoms with Crippen LogP contribution in [0.3, 0.4) is 0 Å². The van der Waals surface area contributed by atoms with E-state index in [1.807, 2.05) is 20.8 Å². The first kappa shape index (κ1) is 32.0. The molecule has 1 aliphatic heterocycles. The van der Waals surface area contributed by atoms with Gasteiger partial charge in [-0.15, -0.1) is 0 Å². The molecule has 0 aromatic heterocycles. The lowest BCUT2D eigenvalue weighted by Crippen LogP contribution is -2.54. The van der Waals surface area contributed by atoms with Crippen LogP contribution >= 0.6 is 0 Å². The lowest BCUT2D eigenvalue weighted by atomic mass is 9.97. The van der Waals surface area contributed by atoms with Gasteiger partial charge in [-0.3, -0.25) is 28.9 Å². The highest BCUT2D eigenvalue weighted by molar-refractivity contribution is 6.13. The monoisotopic (exact) mass is 557 g/mol. The molecule has 12 heteroatoms. The van der Waals surface area contributed by atoms with Crippen LogP contribution in [0.5, 0.6) is 0 Å². The van der Waals surface area contributed by atoms with Gasteiger partial charge in [0.2, 0.25) is 17.7 Å². The van der Waals surface area contributed by atoms with Gasteiger partial charge in [-0.05, 0) is 36.0 Å². The van der Waals surface area contributed by atoms with Gasteiger partial charge in [0.15, 0.2) is 0 Å². The summed E-state index contributed by atoms with van der Waals surface area (Å²) in [4.78, 5) is 73.9. The molecule has 2 atom stereocenters. The van der Waals surface area contributed by atoms with E-state index in [4.69, 9.17) is 4.74 Å². The van der Waals surface area contributed by atoms with Gasteiger partial charge in [0.25, 0.3) is 11.8 Å². The zero-order chi connectivity index (χ0) is 30.0. The van der Waals surface area contributed by atoms with Gasteiger partial charge in [0.05, 0.1) is 0 Å². The van der Waals surface area contributed by atoms with E-state index >= 15 is 0 Å². The van der Waals surface area contributed by atoms with E-state index in [2.05, 4.69) is 21.3 Å². The number of rotatable bonds is 12. The molecule has 0 bridgehead atoms. The Morgan fingerprint density at radius 3 is 2.05 bits per heavy atom. The molecule has 0 radical (unpaired) electrons. The van der Waals surface area contributed by atoms with Crippen molar-refractivity contribution in [2.24, 2.45) is 11.3 Å². The zero-order valence-corrected chi connectivity index (χ0v) is 23.8. The molecule has 2 rings (SSSR count). The standard InChI is InChI=1S/C28H39N5O7/c1-17(2)24(32-21(34)13-14-33-22(35)11-12-23(33)36)26(38)30-18(3)25(37)31-20-9-7-19(8-10-20)15-40-27(39)29-16-28(4,5)6/h7-12,17-18,24H,13-16H2,1-6H3,(H,29,39)(H,30,38)(H,31,37)(H,32,34)/t18-,24-/m0/s1. The number of imide groups is 1. The van der Waals surface area contributed by atoms with Crippen LogP contribution in [0.25, 0.3) is 0 Å². The molecule has 1 heterocycles. The van der Waals surface area contributed by atoms with Crippen LogP contribution in [0.4, 0.5) is 10.5 Å². The van der Waals surface area contributed by atoms with Crippen molar-refractivity contribution in [3.63, 3.8) is 0 Å². The molecule has 0 fully saturated rings. The molecule has 1 aromatic rings. The van der Waals surface area contributed by atoms with E-state index < -0.39 is 47.7 Å². The van der Waals surface area contributed by atoms with Crippen molar-refractivity contribution in [1.29, 1.82) is 0 Å². The molecular formula is C28H39N5O7. The highest BCUT2D eigenvalue weighted by Gasteiger charge is 2.28. The van der Waals surface area contributed by atoms with Crippen molar-refractivity contribution in [3.05, 3.63) is 42.0 Å². The third-order valence-electron chi connectivity index (χ3n) is 5.84. The second kappa shape index (κ2) is 14.2. The summed E-state index contributed by atoms with van der Waals surface area (Å²) >= 11 is 0. The third-order valence-corrected chi connectivity index (χ3v) is 5.84. The maximum absolute atomic E-state index is 12.8. The Kier molecular flexibility index (Phi) is 11.4. The Balaban J connectivity index is 1.82. The molecule has 12 nitrogen and oxygen atoms in total. The maximum Gasteiger partial charge on any atom is 0.407 e. The number of amides is 6. The molecule has 4 N–H and O–H groups in total. The van der Waals surface area contributed by atoms with Gasteiger partial charge >= 0.3 is 6.09 Å². The molecule has 0 unspecified atom stereocenters. The van der Waals surface area contributed by atoms with Gasteiger partial charge in [-0.2, -0.15) is 0 Å². The van der Waals surface area contributed by atoms with Crippen LogP contribution < -0.4 is 21.3 Å². The van der Waals surface area contributed by atoms with Gasteiger partial charge in [-0.25, -0.2) is 4.79 Å². The van der Waals surface area contributed by atoms with Crippen molar-refractivity contribution < 1.29 is 33.5 Å². The van der Waals surface area contributed by atoms with E-state index in [0.29, 0.717) is 12.2 Å². The van der Waals surface area contributed by atoms with Crippen LogP contribution in [0.15, 0.2) is 36.4 Å². The minimum atomic E-state index is -0.925. The second-order valence-corrected chi connectivity index (χ2v) is 11.1. The molecule has 40 heavy (non-hydrogen) atoms. The molecule has 218 valence electrons. The fourth-order valence-corrected chi connectivity index (χ4v) is 3.49. The van der Waals surface area contributed by atoms with Crippen molar-refractivity contribution in [2.75, 3.05) is 18.4 Å². The molecule has 0 saturated carbocycles. The Morgan fingerprint density at radius 1 is 0.900 bits per heavy atom. The van der Waals surface area contributed by atoms with Crippen LogP contribution in [-0.4, -0.2) is 65.7 Å². The normalized spacial score (nSPS) is 14.5. The Morgan fingerprint density at radius 2 is 1.50 bits per heavy atom.